The van der Waals surface area contributed by atoms with Crippen molar-refractivity contribution < 1.29 is 13.9 Å². The van der Waals surface area contributed by atoms with Crippen LogP contribution in [0.2, 0.25) is 0 Å². The summed E-state index contributed by atoms with van der Waals surface area (Å²) < 4.78 is 23.4. The van der Waals surface area contributed by atoms with Gasteiger partial charge < -0.3 is 14.8 Å². The third-order valence-electron chi connectivity index (χ3n) is 3.09. The van der Waals surface area contributed by atoms with E-state index in [4.69, 9.17) is 9.47 Å². The lowest BCUT2D eigenvalue weighted by Gasteiger charge is -2.22. The van der Waals surface area contributed by atoms with Crippen LogP contribution in [0.3, 0.4) is 0 Å². The number of halogens is 1. The molecule has 17 heavy (non-hydrogen) atoms. The zero-order valence-electron chi connectivity index (χ0n) is 10.0. The maximum Gasteiger partial charge on any atom is 0.165 e. The van der Waals surface area contributed by atoms with Crippen LogP contribution in [0.1, 0.15) is 12.8 Å². The fourth-order valence-electron chi connectivity index (χ4n) is 1.98. The van der Waals surface area contributed by atoms with Gasteiger partial charge in [-0.25, -0.2) is 4.39 Å². The Morgan fingerprint density at radius 3 is 2.88 bits per heavy atom. The van der Waals surface area contributed by atoms with E-state index in [-0.39, 0.29) is 11.6 Å². The highest BCUT2D eigenvalue weighted by atomic mass is 19.1. The Morgan fingerprint density at radius 1 is 1.41 bits per heavy atom. The van der Waals surface area contributed by atoms with Crippen LogP contribution < -0.4 is 10.1 Å². The van der Waals surface area contributed by atoms with Gasteiger partial charge in [-0.2, -0.15) is 0 Å². The van der Waals surface area contributed by atoms with Crippen LogP contribution >= 0.6 is 0 Å². The molecule has 0 unspecified atom stereocenters. The Morgan fingerprint density at radius 2 is 2.18 bits per heavy atom. The summed E-state index contributed by atoms with van der Waals surface area (Å²) in [5.41, 5.74) is 0.898. The molecule has 1 heterocycles. The Bertz CT molecular complexity index is 364. The summed E-state index contributed by atoms with van der Waals surface area (Å²) in [4.78, 5) is 0. The predicted molar refractivity (Wildman–Crippen MR) is 65.0 cm³/mol. The maximum atomic E-state index is 13.2. The smallest absolute Gasteiger partial charge is 0.165 e. The zero-order chi connectivity index (χ0) is 12.1. The molecule has 1 aliphatic rings. The van der Waals surface area contributed by atoms with E-state index in [1.165, 1.54) is 13.2 Å². The minimum atomic E-state index is -0.330. The van der Waals surface area contributed by atoms with Gasteiger partial charge in [-0.15, -0.1) is 0 Å². The maximum absolute atomic E-state index is 13.2. The van der Waals surface area contributed by atoms with Gasteiger partial charge in [0.05, 0.1) is 7.11 Å². The molecule has 0 radical (unpaired) electrons. The highest BCUT2D eigenvalue weighted by molar-refractivity contribution is 5.48. The van der Waals surface area contributed by atoms with E-state index < -0.39 is 0 Å². The second-order valence-electron chi connectivity index (χ2n) is 4.29. The number of rotatable bonds is 4. The summed E-state index contributed by atoms with van der Waals surface area (Å²) in [6.07, 6.45) is 2.18. The number of ether oxygens (including phenoxy) is 2. The van der Waals surface area contributed by atoms with Crippen molar-refractivity contribution in [1.29, 1.82) is 0 Å². The van der Waals surface area contributed by atoms with Gasteiger partial charge in [0, 0.05) is 31.5 Å². The van der Waals surface area contributed by atoms with E-state index in [0.717, 1.165) is 38.3 Å². The molecule has 1 saturated heterocycles. The summed E-state index contributed by atoms with van der Waals surface area (Å²) in [6, 6.07) is 4.84. The average molecular weight is 239 g/mol. The van der Waals surface area contributed by atoms with Gasteiger partial charge in [0.2, 0.25) is 0 Å². The fraction of sp³-hybridized carbons (Fsp3) is 0.538. The van der Waals surface area contributed by atoms with Crippen molar-refractivity contribution >= 4 is 5.69 Å². The third-order valence-corrected chi connectivity index (χ3v) is 3.09. The minimum absolute atomic E-state index is 0.280. The average Bonchev–Trinajstić information content (AvgIpc) is 2.39. The van der Waals surface area contributed by atoms with Crippen LogP contribution in [0.5, 0.6) is 5.75 Å². The molecule has 1 aromatic carbocycles. The molecule has 0 aromatic heterocycles. The highest BCUT2D eigenvalue weighted by Crippen LogP contribution is 2.22. The van der Waals surface area contributed by atoms with E-state index in [2.05, 4.69) is 5.32 Å². The molecule has 0 spiro atoms. The van der Waals surface area contributed by atoms with E-state index in [0.29, 0.717) is 5.92 Å². The SMILES string of the molecule is COc1cc(NCC2CCOCC2)ccc1F. The molecule has 4 heteroatoms. The van der Waals surface area contributed by atoms with Crippen LogP contribution in [-0.4, -0.2) is 26.9 Å². The summed E-state index contributed by atoms with van der Waals surface area (Å²) in [7, 11) is 1.47. The molecular weight excluding hydrogens is 221 g/mol. The van der Waals surface area contributed by atoms with Crippen molar-refractivity contribution in [3.05, 3.63) is 24.0 Å². The first-order valence-electron chi connectivity index (χ1n) is 5.95. The molecular formula is C13H18FNO2. The van der Waals surface area contributed by atoms with E-state index in [1.807, 2.05) is 0 Å². The third kappa shape index (κ3) is 3.33. The van der Waals surface area contributed by atoms with Crippen molar-refractivity contribution in [2.24, 2.45) is 5.92 Å². The number of hydrogen-bond acceptors (Lipinski definition) is 3. The highest BCUT2D eigenvalue weighted by Gasteiger charge is 2.13. The molecule has 2 rings (SSSR count). The summed E-state index contributed by atoms with van der Waals surface area (Å²) >= 11 is 0. The molecule has 1 N–H and O–H groups in total. The molecule has 0 atom stereocenters. The molecule has 1 aliphatic heterocycles. The van der Waals surface area contributed by atoms with Crippen LogP contribution in [-0.2, 0) is 4.74 Å². The van der Waals surface area contributed by atoms with Gasteiger partial charge in [-0.1, -0.05) is 0 Å². The second kappa shape index (κ2) is 5.87. The summed E-state index contributed by atoms with van der Waals surface area (Å²) in [5, 5.41) is 3.31. The number of nitrogens with one attached hydrogen (secondary N) is 1. The van der Waals surface area contributed by atoms with Gasteiger partial charge in [-0.3, -0.25) is 0 Å². The van der Waals surface area contributed by atoms with Crippen molar-refractivity contribution in [1.82, 2.24) is 0 Å². The lowest BCUT2D eigenvalue weighted by molar-refractivity contribution is 0.0699. The lowest BCUT2D eigenvalue weighted by atomic mass is 10.0. The van der Waals surface area contributed by atoms with Gasteiger partial charge in [0.15, 0.2) is 11.6 Å². The Balaban J connectivity index is 1.89. The molecule has 0 amide bonds. The molecule has 0 saturated carbocycles. The first-order chi connectivity index (χ1) is 8.29. The quantitative estimate of drug-likeness (QED) is 0.876. The van der Waals surface area contributed by atoms with Crippen LogP contribution in [0.4, 0.5) is 10.1 Å². The molecule has 3 nitrogen and oxygen atoms in total. The Hall–Kier alpha value is -1.29. The second-order valence-corrected chi connectivity index (χ2v) is 4.29. The van der Waals surface area contributed by atoms with Crippen LogP contribution in [0.15, 0.2) is 18.2 Å². The van der Waals surface area contributed by atoms with Crippen LogP contribution in [0.25, 0.3) is 0 Å². The van der Waals surface area contributed by atoms with E-state index in [1.54, 1.807) is 12.1 Å². The monoisotopic (exact) mass is 239 g/mol. The molecule has 94 valence electrons. The number of anilines is 1. The van der Waals surface area contributed by atoms with Gasteiger partial charge >= 0.3 is 0 Å². The first kappa shape index (κ1) is 12.2. The van der Waals surface area contributed by atoms with Gasteiger partial charge in [0.1, 0.15) is 0 Å². The zero-order valence-corrected chi connectivity index (χ0v) is 10.0. The Kier molecular flexibility index (Phi) is 4.20. The van der Waals surface area contributed by atoms with E-state index >= 15 is 0 Å². The molecule has 0 aliphatic carbocycles. The number of hydrogen-bond donors (Lipinski definition) is 1. The van der Waals surface area contributed by atoms with Crippen molar-refractivity contribution in [3.63, 3.8) is 0 Å². The first-order valence-corrected chi connectivity index (χ1v) is 5.95. The fourth-order valence-corrected chi connectivity index (χ4v) is 1.98. The van der Waals surface area contributed by atoms with Gasteiger partial charge in [0.25, 0.3) is 0 Å². The summed E-state index contributed by atoms with van der Waals surface area (Å²) in [5.74, 6) is 0.589. The topological polar surface area (TPSA) is 30.5 Å². The van der Waals surface area contributed by atoms with Gasteiger partial charge in [-0.05, 0) is 30.9 Å². The van der Waals surface area contributed by atoms with Crippen molar-refractivity contribution in [2.75, 3.05) is 32.2 Å². The van der Waals surface area contributed by atoms with Crippen LogP contribution in [0, 0.1) is 11.7 Å². The lowest BCUT2D eigenvalue weighted by Crippen LogP contribution is -2.22. The number of methoxy groups -OCH3 is 1. The standard InChI is InChI=1S/C13H18FNO2/c1-16-13-8-11(2-3-12(13)14)15-9-10-4-6-17-7-5-10/h2-3,8,10,15H,4-7,9H2,1H3. The minimum Gasteiger partial charge on any atom is -0.494 e. The normalized spacial score (nSPS) is 16.8. The largest absolute Gasteiger partial charge is 0.494 e. The van der Waals surface area contributed by atoms with Crippen molar-refractivity contribution in [2.45, 2.75) is 12.8 Å². The molecule has 0 bridgehead atoms. The summed E-state index contributed by atoms with van der Waals surface area (Å²) in [6.45, 7) is 2.59. The predicted octanol–water partition coefficient (Wildman–Crippen LogP) is 2.67. The number of benzene rings is 1. The van der Waals surface area contributed by atoms with E-state index in [9.17, 15) is 4.39 Å². The van der Waals surface area contributed by atoms with Crippen molar-refractivity contribution in [3.8, 4) is 5.75 Å². The molecule has 1 aromatic rings. The Labute approximate surface area is 101 Å². The molecule has 1 fully saturated rings.